The molecule has 1 aliphatic heterocycles. The minimum absolute atomic E-state index is 0.205. The predicted molar refractivity (Wildman–Crippen MR) is 72.6 cm³/mol. The van der Waals surface area contributed by atoms with Crippen LogP contribution in [0.5, 0.6) is 0 Å². The highest BCUT2D eigenvalue weighted by molar-refractivity contribution is 6.32. The zero-order valence-electron chi connectivity index (χ0n) is 10.3. The van der Waals surface area contributed by atoms with E-state index in [2.05, 4.69) is 20.2 Å². The van der Waals surface area contributed by atoms with Crippen LogP contribution in [0.3, 0.4) is 0 Å². The van der Waals surface area contributed by atoms with Crippen LogP contribution in [0.2, 0.25) is 5.02 Å². The van der Waals surface area contributed by atoms with Crippen molar-refractivity contribution in [1.29, 1.82) is 0 Å². The highest BCUT2D eigenvalue weighted by Gasteiger charge is 2.23. The number of hydrogen-bond acceptors (Lipinski definition) is 4. The van der Waals surface area contributed by atoms with Gasteiger partial charge in [-0.25, -0.2) is 5.10 Å². The third-order valence-electron chi connectivity index (χ3n) is 3.41. The van der Waals surface area contributed by atoms with Crippen molar-refractivity contribution in [3.63, 3.8) is 0 Å². The number of nitrogens with zero attached hydrogens (tertiary/aromatic N) is 4. The number of anilines is 1. The molecule has 3 rings (SSSR count). The topological polar surface area (TPSA) is 66.8 Å². The van der Waals surface area contributed by atoms with Gasteiger partial charge in [0.15, 0.2) is 0 Å². The molecular formula is C12H14ClN5O. The van der Waals surface area contributed by atoms with E-state index in [1.165, 1.54) is 0 Å². The van der Waals surface area contributed by atoms with Crippen molar-refractivity contribution in [3.05, 3.63) is 40.0 Å². The lowest BCUT2D eigenvalue weighted by Gasteiger charge is -2.34. The van der Waals surface area contributed by atoms with Gasteiger partial charge in [0.2, 0.25) is 0 Å². The van der Waals surface area contributed by atoms with Gasteiger partial charge in [-0.1, -0.05) is 11.6 Å². The average molecular weight is 280 g/mol. The smallest absolute Gasteiger partial charge is 0.285 e. The summed E-state index contributed by atoms with van der Waals surface area (Å²) in [7, 11) is 0. The standard InChI is InChI=1S/C12H14ClN5O/c13-11-10(7-14-16-12(11)19)17-5-1-3-9(8-17)18-6-2-4-15-18/h2,4,6-7,9H,1,3,5,8H2,(H,16,19). The van der Waals surface area contributed by atoms with Crippen LogP contribution in [-0.4, -0.2) is 33.1 Å². The third-order valence-corrected chi connectivity index (χ3v) is 3.78. The predicted octanol–water partition coefficient (Wildman–Crippen LogP) is 1.46. The minimum Gasteiger partial charge on any atom is -0.367 e. The fraction of sp³-hybridized carbons (Fsp3) is 0.417. The van der Waals surface area contributed by atoms with Crippen molar-refractivity contribution in [2.75, 3.05) is 18.0 Å². The second-order valence-electron chi connectivity index (χ2n) is 4.63. The molecule has 1 N–H and O–H groups in total. The first-order chi connectivity index (χ1) is 9.25. The summed E-state index contributed by atoms with van der Waals surface area (Å²) in [5.74, 6) is 0. The van der Waals surface area contributed by atoms with E-state index in [1.54, 1.807) is 12.4 Å². The number of rotatable bonds is 2. The molecule has 0 bridgehead atoms. The van der Waals surface area contributed by atoms with E-state index >= 15 is 0 Å². The van der Waals surface area contributed by atoms with E-state index in [4.69, 9.17) is 11.6 Å². The van der Waals surface area contributed by atoms with Crippen molar-refractivity contribution in [2.45, 2.75) is 18.9 Å². The lowest BCUT2D eigenvalue weighted by molar-refractivity contribution is 0.376. The summed E-state index contributed by atoms with van der Waals surface area (Å²) >= 11 is 6.05. The molecule has 1 unspecified atom stereocenters. The van der Waals surface area contributed by atoms with Crippen LogP contribution in [0.4, 0.5) is 5.69 Å². The van der Waals surface area contributed by atoms with Crippen LogP contribution in [0.15, 0.2) is 29.5 Å². The molecule has 0 spiro atoms. The third kappa shape index (κ3) is 2.35. The summed E-state index contributed by atoms with van der Waals surface area (Å²) in [5, 5.41) is 10.6. The van der Waals surface area contributed by atoms with Gasteiger partial charge >= 0.3 is 0 Å². The largest absolute Gasteiger partial charge is 0.367 e. The van der Waals surface area contributed by atoms with E-state index < -0.39 is 0 Å². The molecule has 0 aliphatic carbocycles. The van der Waals surface area contributed by atoms with Crippen LogP contribution in [0.25, 0.3) is 0 Å². The molecule has 6 nitrogen and oxygen atoms in total. The maximum Gasteiger partial charge on any atom is 0.285 e. The molecule has 3 heterocycles. The molecule has 1 saturated heterocycles. The second kappa shape index (κ2) is 5.05. The molecule has 0 amide bonds. The second-order valence-corrected chi connectivity index (χ2v) is 5.00. The summed E-state index contributed by atoms with van der Waals surface area (Å²) in [5.41, 5.74) is 0.350. The Labute approximate surface area is 115 Å². The van der Waals surface area contributed by atoms with Crippen LogP contribution in [0.1, 0.15) is 18.9 Å². The molecular weight excluding hydrogens is 266 g/mol. The van der Waals surface area contributed by atoms with Crippen LogP contribution in [-0.2, 0) is 0 Å². The van der Waals surface area contributed by atoms with E-state index in [0.717, 1.165) is 25.9 Å². The summed E-state index contributed by atoms with van der Waals surface area (Å²) in [6.07, 6.45) is 7.46. The lowest BCUT2D eigenvalue weighted by atomic mass is 10.1. The SMILES string of the molecule is O=c1[nH]ncc(N2CCCC(n3cccn3)C2)c1Cl. The highest BCUT2D eigenvalue weighted by atomic mass is 35.5. The van der Waals surface area contributed by atoms with Gasteiger partial charge in [0.05, 0.1) is 17.9 Å². The number of aromatic nitrogens is 4. The van der Waals surface area contributed by atoms with Crippen molar-refractivity contribution < 1.29 is 0 Å². The van der Waals surface area contributed by atoms with Gasteiger partial charge in [-0.15, -0.1) is 0 Å². The van der Waals surface area contributed by atoms with Gasteiger partial charge in [-0.3, -0.25) is 9.48 Å². The van der Waals surface area contributed by atoms with E-state index in [9.17, 15) is 4.79 Å². The molecule has 0 saturated carbocycles. The molecule has 1 fully saturated rings. The van der Waals surface area contributed by atoms with Gasteiger partial charge in [0.25, 0.3) is 5.56 Å². The van der Waals surface area contributed by atoms with Gasteiger partial charge in [0.1, 0.15) is 5.02 Å². The summed E-state index contributed by atoms with van der Waals surface area (Å²) in [6, 6.07) is 2.22. The van der Waals surface area contributed by atoms with Crippen LogP contribution >= 0.6 is 11.6 Å². The average Bonchev–Trinajstić information content (AvgIpc) is 2.96. The Morgan fingerprint density at radius 1 is 1.47 bits per heavy atom. The zero-order chi connectivity index (χ0) is 13.2. The Balaban J connectivity index is 1.86. The van der Waals surface area contributed by atoms with Crippen molar-refractivity contribution >= 4 is 17.3 Å². The Morgan fingerprint density at radius 3 is 3.16 bits per heavy atom. The molecule has 7 heteroatoms. The molecule has 1 aliphatic rings. The van der Waals surface area contributed by atoms with Crippen LogP contribution in [0, 0.1) is 0 Å². The van der Waals surface area contributed by atoms with Gasteiger partial charge in [-0.2, -0.15) is 10.2 Å². The number of halogens is 1. The van der Waals surface area contributed by atoms with Gasteiger partial charge < -0.3 is 4.90 Å². The first-order valence-corrected chi connectivity index (χ1v) is 6.61. The number of hydrogen-bond donors (Lipinski definition) is 1. The first-order valence-electron chi connectivity index (χ1n) is 6.23. The van der Waals surface area contributed by atoms with E-state index in [0.29, 0.717) is 11.7 Å². The Hall–Kier alpha value is -1.82. The number of nitrogens with one attached hydrogen (secondary N) is 1. The molecule has 2 aromatic rings. The molecule has 2 aromatic heterocycles. The number of piperidine rings is 1. The van der Waals surface area contributed by atoms with Crippen molar-refractivity contribution in [1.82, 2.24) is 20.0 Å². The molecule has 0 radical (unpaired) electrons. The van der Waals surface area contributed by atoms with E-state index in [1.807, 2.05) is 16.9 Å². The van der Waals surface area contributed by atoms with Gasteiger partial charge in [-0.05, 0) is 18.9 Å². The van der Waals surface area contributed by atoms with Crippen molar-refractivity contribution in [3.8, 4) is 0 Å². The Bertz CT molecular complexity index is 609. The quantitative estimate of drug-likeness (QED) is 0.904. The number of H-pyrrole nitrogens is 1. The van der Waals surface area contributed by atoms with E-state index in [-0.39, 0.29) is 10.6 Å². The van der Waals surface area contributed by atoms with Gasteiger partial charge in [0, 0.05) is 25.5 Å². The molecule has 1 atom stereocenters. The molecule has 19 heavy (non-hydrogen) atoms. The zero-order valence-corrected chi connectivity index (χ0v) is 11.0. The molecule has 100 valence electrons. The maximum absolute atomic E-state index is 11.5. The fourth-order valence-electron chi connectivity index (χ4n) is 2.48. The van der Waals surface area contributed by atoms with Crippen LogP contribution < -0.4 is 10.5 Å². The minimum atomic E-state index is -0.347. The fourth-order valence-corrected chi connectivity index (χ4v) is 2.69. The highest BCUT2D eigenvalue weighted by Crippen LogP contribution is 2.28. The monoisotopic (exact) mass is 279 g/mol. The molecule has 0 aromatic carbocycles. The lowest BCUT2D eigenvalue weighted by Crippen LogP contribution is -2.37. The Kier molecular flexibility index (Phi) is 3.25. The maximum atomic E-state index is 11.5. The van der Waals surface area contributed by atoms with Crippen molar-refractivity contribution in [2.24, 2.45) is 0 Å². The Morgan fingerprint density at radius 2 is 2.37 bits per heavy atom. The summed E-state index contributed by atoms with van der Waals surface area (Å²) in [4.78, 5) is 13.6. The normalized spacial score (nSPS) is 19.6. The summed E-state index contributed by atoms with van der Waals surface area (Å²) < 4.78 is 1.96. The first kappa shape index (κ1) is 12.2. The number of aromatic amines is 1. The summed E-state index contributed by atoms with van der Waals surface area (Å²) in [6.45, 7) is 1.66.